The van der Waals surface area contributed by atoms with E-state index in [1.54, 1.807) is 10.7 Å². The molecule has 5 heteroatoms. The summed E-state index contributed by atoms with van der Waals surface area (Å²) in [5.41, 5.74) is 1.42. The smallest absolute Gasteiger partial charge is 0.160 e. The van der Waals surface area contributed by atoms with Crippen LogP contribution in [0.2, 0.25) is 0 Å². The first kappa shape index (κ1) is 10.4. The predicted octanol–water partition coefficient (Wildman–Crippen LogP) is 1.85. The molecule has 0 bridgehead atoms. The molecule has 1 unspecified atom stereocenters. The summed E-state index contributed by atoms with van der Waals surface area (Å²) >= 11 is 0. The highest BCUT2D eigenvalue weighted by molar-refractivity contribution is 5.33. The fourth-order valence-electron chi connectivity index (χ4n) is 2.17. The molecule has 2 heterocycles. The largest absolute Gasteiger partial charge is 0.363 e. The lowest BCUT2D eigenvalue weighted by molar-refractivity contribution is 0.0365. The zero-order chi connectivity index (χ0) is 11.8. The van der Waals surface area contributed by atoms with E-state index >= 15 is 0 Å². The zero-order valence-electron chi connectivity index (χ0n) is 9.43. The van der Waals surface area contributed by atoms with Crippen LogP contribution in [0.25, 0.3) is 0 Å². The van der Waals surface area contributed by atoms with Gasteiger partial charge in [0.2, 0.25) is 0 Å². The molecular formula is C12H12FN3O. The molecule has 0 fully saturated rings. The molecule has 88 valence electrons. The van der Waals surface area contributed by atoms with E-state index in [1.807, 2.05) is 13.0 Å². The molecule has 0 spiro atoms. The monoisotopic (exact) mass is 233 g/mol. The highest BCUT2D eigenvalue weighted by Gasteiger charge is 2.28. The molecule has 0 amide bonds. The molecule has 1 aliphatic heterocycles. The van der Waals surface area contributed by atoms with E-state index < -0.39 is 6.10 Å². The second-order valence-electron chi connectivity index (χ2n) is 4.06. The topological polar surface area (TPSA) is 39.9 Å². The van der Waals surface area contributed by atoms with Gasteiger partial charge in [-0.1, -0.05) is 12.1 Å². The average molecular weight is 233 g/mol. The third-order valence-corrected chi connectivity index (χ3v) is 3.00. The van der Waals surface area contributed by atoms with Gasteiger partial charge in [0.1, 0.15) is 18.2 Å². The fraction of sp³-hybridized carbons (Fsp3) is 0.333. The van der Waals surface area contributed by atoms with Crippen molar-refractivity contribution >= 4 is 0 Å². The van der Waals surface area contributed by atoms with Gasteiger partial charge in [0, 0.05) is 5.56 Å². The number of hydrogen-bond acceptors (Lipinski definition) is 3. The number of halogens is 1. The maximum Gasteiger partial charge on any atom is 0.160 e. The Kier molecular flexibility index (Phi) is 2.40. The number of benzene rings is 1. The molecule has 1 atom stereocenters. The van der Waals surface area contributed by atoms with Gasteiger partial charge in [0.25, 0.3) is 0 Å². The normalized spacial score (nSPS) is 19.1. The van der Waals surface area contributed by atoms with Gasteiger partial charge in [-0.15, -0.1) is 0 Å². The van der Waals surface area contributed by atoms with Crippen molar-refractivity contribution in [2.24, 2.45) is 0 Å². The number of aryl methyl sites for hydroxylation is 1. The van der Waals surface area contributed by atoms with Crippen LogP contribution in [0.1, 0.15) is 23.1 Å². The summed E-state index contributed by atoms with van der Waals surface area (Å²) < 4.78 is 21.3. The Labute approximate surface area is 98.0 Å². The Balaban J connectivity index is 2.13. The Morgan fingerprint density at radius 3 is 3.18 bits per heavy atom. The number of fused-ring (bicyclic) bond motifs is 1. The minimum Gasteiger partial charge on any atom is -0.363 e. The first-order chi connectivity index (χ1) is 8.27. The van der Waals surface area contributed by atoms with Crippen LogP contribution in [0.5, 0.6) is 0 Å². The van der Waals surface area contributed by atoms with Crippen LogP contribution < -0.4 is 0 Å². The van der Waals surface area contributed by atoms with Gasteiger partial charge in [0.05, 0.1) is 13.2 Å². The molecular weight excluding hydrogens is 221 g/mol. The SMILES string of the molecule is Cc1cccc(F)c1C1OCCn2ncnc21. The number of aromatic nitrogens is 3. The Bertz CT molecular complexity index is 532. The Hall–Kier alpha value is -1.75. The van der Waals surface area contributed by atoms with E-state index in [0.717, 1.165) is 5.56 Å². The number of nitrogens with zero attached hydrogens (tertiary/aromatic N) is 3. The first-order valence-corrected chi connectivity index (χ1v) is 5.51. The minimum absolute atomic E-state index is 0.258. The van der Waals surface area contributed by atoms with Crippen molar-refractivity contribution in [3.8, 4) is 0 Å². The van der Waals surface area contributed by atoms with Crippen LogP contribution in [-0.4, -0.2) is 21.4 Å². The van der Waals surface area contributed by atoms with Crippen LogP contribution in [-0.2, 0) is 11.3 Å². The second-order valence-corrected chi connectivity index (χ2v) is 4.06. The maximum absolute atomic E-state index is 13.9. The van der Waals surface area contributed by atoms with Crippen LogP contribution in [0, 0.1) is 12.7 Å². The van der Waals surface area contributed by atoms with E-state index in [4.69, 9.17) is 4.74 Å². The van der Waals surface area contributed by atoms with E-state index in [0.29, 0.717) is 24.5 Å². The summed E-state index contributed by atoms with van der Waals surface area (Å²) in [6.45, 7) is 3.06. The molecule has 0 saturated carbocycles. The van der Waals surface area contributed by atoms with E-state index in [1.165, 1.54) is 12.4 Å². The van der Waals surface area contributed by atoms with Gasteiger partial charge in [-0.05, 0) is 18.6 Å². The lowest BCUT2D eigenvalue weighted by Gasteiger charge is -2.24. The first-order valence-electron chi connectivity index (χ1n) is 5.51. The average Bonchev–Trinajstić information content (AvgIpc) is 2.77. The summed E-state index contributed by atoms with van der Waals surface area (Å²) in [5, 5.41) is 4.09. The molecule has 4 nitrogen and oxygen atoms in total. The zero-order valence-corrected chi connectivity index (χ0v) is 9.43. The van der Waals surface area contributed by atoms with Crippen LogP contribution in [0.3, 0.4) is 0 Å². The van der Waals surface area contributed by atoms with Crippen molar-refractivity contribution in [3.05, 3.63) is 47.3 Å². The summed E-state index contributed by atoms with van der Waals surface area (Å²) in [6.07, 6.45) is 1.03. The molecule has 1 aromatic carbocycles. The molecule has 0 N–H and O–H groups in total. The summed E-state index contributed by atoms with van der Waals surface area (Å²) in [5.74, 6) is 0.413. The van der Waals surface area contributed by atoms with Crippen molar-refractivity contribution in [1.82, 2.24) is 14.8 Å². The van der Waals surface area contributed by atoms with Crippen LogP contribution in [0.15, 0.2) is 24.5 Å². The van der Waals surface area contributed by atoms with Crippen LogP contribution in [0.4, 0.5) is 4.39 Å². The lowest BCUT2D eigenvalue weighted by atomic mass is 10.0. The molecule has 1 aliphatic rings. The highest BCUT2D eigenvalue weighted by Crippen LogP contribution is 2.31. The van der Waals surface area contributed by atoms with E-state index in [2.05, 4.69) is 10.1 Å². The fourth-order valence-corrected chi connectivity index (χ4v) is 2.17. The molecule has 2 aromatic rings. The molecule has 0 aliphatic carbocycles. The van der Waals surface area contributed by atoms with Gasteiger partial charge < -0.3 is 4.74 Å². The van der Waals surface area contributed by atoms with Gasteiger partial charge >= 0.3 is 0 Å². The van der Waals surface area contributed by atoms with Gasteiger partial charge in [-0.2, -0.15) is 5.10 Å². The molecule has 0 radical (unpaired) electrons. The van der Waals surface area contributed by atoms with Crippen molar-refractivity contribution in [3.63, 3.8) is 0 Å². The van der Waals surface area contributed by atoms with Gasteiger partial charge in [-0.25, -0.2) is 14.1 Å². The highest BCUT2D eigenvalue weighted by atomic mass is 19.1. The van der Waals surface area contributed by atoms with Crippen molar-refractivity contribution in [1.29, 1.82) is 0 Å². The van der Waals surface area contributed by atoms with Crippen molar-refractivity contribution in [2.75, 3.05) is 6.61 Å². The maximum atomic E-state index is 13.9. The third-order valence-electron chi connectivity index (χ3n) is 3.00. The number of rotatable bonds is 1. The quantitative estimate of drug-likeness (QED) is 0.754. The second kappa shape index (κ2) is 3.92. The van der Waals surface area contributed by atoms with E-state index in [9.17, 15) is 4.39 Å². The van der Waals surface area contributed by atoms with Gasteiger partial charge in [-0.3, -0.25) is 0 Å². The predicted molar refractivity (Wildman–Crippen MR) is 59.0 cm³/mol. The Morgan fingerprint density at radius 1 is 1.47 bits per heavy atom. The molecule has 1 aromatic heterocycles. The summed E-state index contributed by atoms with van der Waals surface area (Å²) in [4.78, 5) is 4.16. The standard InChI is InChI=1S/C12H12FN3O/c1-8-3-2-4-9(13)10(8)11-12-14-7-15-16(12)5-6-17-11/h2-4,7,11H,5-6H2,1H3. The van der Waals surface area contributed by atoms with Gasteiger partial charge in [0.15, 0.2) is 5.82 Å². The molecule has 0 saturated heterocycles. The summed E-state index contributed by atoms with van der Waals surface area (Å²) in [7, 11) is 0. The van der Waals surface area contributed by atoms with Crippen LogP contribution >= 0.6 is 0 Å². The molecule has 17 heavy (non-hydrogen) atoms. The lowest BCUT2D eigenvalue weighted by Crippen LogP contribution is -2.24. The summed E-state index contributed by atoms with van der Waals surface area (Å²) in [6, 6.07) is 5.01. The number of ether oxygens (including phenoxy) is 1. The minimum atomic E-state index is -0.451. The molecule has 3 rings (SSSR count). The number of hydrogen-bond donors (Lipinski definition) is 0. The Morgan fingerprint density at radius 2 is 2.35 bits per heavy atom. The third kappa shape index (κ3) is 1.63. The van der Waals surface area contributed by atoms with E-state index in [-0.39, 0.29) is 5.82 Å². The van der Waals surface area contributed by atoms with Crippen molar-refractivity contribution < 1.29 is 9.13 Å². The van der Waals surface area contributed by atoms with Crippen molar-refractivity contribution in [2.45, 2.75) is 19.6 Å².